The molecule has 0 bridgehead atoms. The van der Waals surface area contributed by atoms with Crippen LogP contribution in [0.1, 0.15) is 72.1 Å². The quantitative estimate of drug-likeness (QED) is 0.752. The average Bonchev–Trinajstić information content (AvgIpc) is 2.82. The van der Waals surface area contributed by atoms with E-state index in [1.54, 1.807) is 0 Å². The zero-order valence-electron chi connectivity index (χ0n) is 12.8. The Morgan fingerprint density at radius 2 is 1.72 bits per heavy atom. The lowest BCUT2D eigenvalue weighted by Crippen LogP contribution is -2.44. The van der Waals surface area contributed by atoms with Crippen molar-refractivity contribution >= 4 is 0 Å². The number of nitrogens with one attached hydrogen (secondary N) is 1. The van der Waals surface area contributed by atoms with Crippen molar-refractivity contribution in [1.82, 2.24) is 5.32 Å². The monoisotopic (exact) mass is 251 g/mol. The zero-order chi connectivity index (χ0) is 13.0. The van der Waals surface area contributed by atoms with Crippen molar-refractivity contribution in [2.45, 2.75) is 78.2 Å². The molecular weight excluding hydrogens is 218 g/mol. The third kappa shape index (κ3) is 3.29. The molecule has 2 aliphatic rings. The standard InChI is InChI=1S/C17H33N/c1-4-14-9-11-15(12-10-14)17(18-5-2)16-8-6-7-13(16)3/h13-18H,4-12H2,1-3H3. The molecule has 1 heteroatoms. The maximum Gasteiger partial charge on any atom is 0.0126 e. The highest BCUT2D eigenvalue weighted by molar-refractivity contribution is 4.90. The Kier molecular flexibility index (Phi) is 5.54. The summed E-state index contributed by atoms with van der Waals surface area (Å²) in [7, 11) is 0. The molecule has 0 aromatic carbocycles. The SMILES string of the molecule is CCNC(C1CCC(CC)CC1)C1CCCC1C. The van der Waals surface area contributed by atoms with Gasteiger partial charge in [-0.15, -0.1) is 0 Å². The predicted molar refractivity (Wildman–Crippen MR) is 79.7 cm³/mol. The Morgan fingerprint density at radius 1 is 1.00 bits per heavy atom. The van der Waals surface area contributed by atoms with Gasteiger partial charge in [-0.05, 0) is 49.5 Å². The molecule has 1 N–H and O–H groups in total. The van der Waals surface area contributed by atoms with Crippen LogP contribution in [-0.4, -0.2) is 12.6 Å². The van der Waals surface area contributed by atoms with Crippen LogP contribution in [0.2, 0.25) is 0 Å². The van der Waals surface area contributed by atoms with Gasteiger partial charge in [0.05, 0.1) is 0 Å². The van der Waals surface area contributed by atoms with E-state index in [-0.39, 0.29) is 0 Å². The van der Waals surface area contributed by atoms with Crippen molar-refractivity contribution in [2.75, 3.05) is 6.54 Å². The van der Waals surface area contributed by atoms with Gasteiger partial charge in [0.1, 0.15) is 0 Å². The van der Waals surface area contributed by atoms with Crippen molar-refractivity contribution in [3.8, 4) is 0 Å². The van der Waals surface area contributed by atoms with Crippen molar-refractivity contribution in [3.05, 3.63) is 0 Å². The molecule has 0 aromatic heterocycles. The second-order valence-electron chi connectivity index (χ2n) is 6.84. The van der Waals surface area contributed by atoms with E-state index < -0.39 is 0 Å². The lowest BCUT2D eigenvalue weighted by atomic mass is 9.72. The van der Waals surface area contributed by atoms with E-state index in [2.05, 4.69) is 26.1 Å². The van der Waals surface area contributed by atoms with Gasteiger partial charge in [0.2, 0.25) is 0 Å². The fraction of sp³-hybridized carbons (Fsp3) is 1.00. The van der Waals surface area contributed by atoms with E-state index in [0.29, 0.717) is 0 Å². The molecule has 1 nitrogen and oxygen atoms in total. The Hall–Kier alpha value is -0.0400. The molecule has 0 heterocycles. The summed E-state index contributed by atoms with van der Waals surface area (Å²) in [5.74, 6) is 3.92. The second kappa shape index (κ2) is 6.93. The van der Waals surface area contributed by atoms with Crippen LogP contribution < -0.4 is 5.32 Å². The Bertz CT molecular complexity index is 230. The van der Waals surface area contributed by atoms with Crippen molar-refractivity contribution in [2.24, 2.45) is 23.7 Å². The summed E-state index contributed by atoms with van der Waals surface area (Å²) < 4.78 is 0. The van der Waals surface area contributed by atoms with Crippen LogP contribution in [0, 0.1) is 23.7 Å². The predicted octanol–water partition coefficient (Wildman–Crippen LogP) is 4.62. The lowest BCUT2D eigenvalue weighted by Gasteiger charge is -2.38. The molecular formula is C17H33N. The molecule has 0 amide bonds. The lowest BCUT2D eigenvalue weighted by molar-refractivity contribution is 0.159. The highest BCUT2D eigenvalue weighted by atomic mass is 14.9. The number of hydrogen-bond donors (Lipinski definition) is 1. The zero-order valence-corrected chi connectivity index (χ0v) is 12.8. The maximum atomic E-state index is 3.86. The molecule has 18 heavy (non-hydrogen) atoms. The summed E-state index contributed by atoms with van der Waals surface area (Å²) in [6.07, 6.45) is 11.8. The fourth-order valence-corrected chi connectivity index (χ4v) is 4.57. The first-order chi connectivity index (χ1) is 8.76. The summed E-state index contributed by atoms with van der Waals surface area (Å²) in [5.41, 5.74) is 0. The molecule has 0 aromatic rings. The fourth-order valence-electron chi connectivity index (χ4n) is 4.57. The third-order valence-corrected chi connectivity index (χ3v) is 5.81. The highest BCUT2D eigenvalue weighted by Crippen LogP contribution is 2.41. The van der Waals surface area contributed by atoms with Gasteiger partial charge in [-0.25, -0.2) is 0 Å². The van der Waals surface area contributed by atoms with Crippen LogP contribution in [0.3, 0.4) is 0 Å². The molecule has 0 aliphatic heterocycles. The first kappa shape index (κ1) is 14.4. The molecule has 3 atom stereocenters. The topological polar surface area (TPSA) is 12.0 Å². The Morgan fingerprint density at radius 3 is 2.22 bits per heavy atom. The van der Waals surface area contributed by atoms with Crippen molar-refractivity contribution in [3.63, 3.8) is 0 Å². The molecule has 2 saturated carbocycles. The minimum absolute atomic E-state index is 0.824. The smallest absolute Gasteiger partial charge is 0.0126 e. The van der Waals surface area contributed by atoms with Crippen LogP contribution in [0.15, 0.2) is 0 Å². The highest BCUT2D eigenvalue weighted by Gasteiger charge is 2.36. The summed E-state index contributed by atoms with van der Waals surface area (Å²) in [6.45, 7) is 8.29. The van der Waals surface area contributed by atoms with E-state index in [9.17, 15) is 0 Å². The van der Waals surface area contributed by atoms with E-state index in [4.69, 9.17) is 0 Å². The minimum atomic E-state index is 0.824. The van der Waals surface area contributed by atoms with Gasteiger partial charge in [0.25, 0.3) is 0 Å². The molecule has 0 saturated heterocycles. The second-order valence-corrected chi connectivity index (χ2v) is 6.84. The first-order valence-electron chi connectivity index (χ1n) is 8.49. The summed E-state index contributed by atoms with van der Waals surface area (Å²) >= 11 is 0. The minimum Gasteiger partial charge on any atom is -0.314 e. The number of rotatable bonds is 5. The van der Waals surface area contributed by atoms with E-state index in [1.165, 1.54) is 51.4 Å². The van der Waals surface area contributed by atoms with Gasteiger partial charge >= 0.3 is 0 Å². The van der Waals surface area contributed by atoms with Gasteiger partial charge in [0, 0.05) is 6.04 Å². The summed E-state index contributed by atoms with van der Waals surface area (Å²) in [4.78, 5) is 0. The van der Waals surface area contributed by atoms with Crippen LogP contribution >= 0.6 is 0 Å². The summed E-state index contributed by atoms with van der Waals surface area (Å²) in [5, 5.41) is 3.86. The Labute approximate surface area is 114 Å². The van der Waals surface area contributed by atoms with Crippen LogP contribution in [0.5, 0.6) is 0 Å². The summed E-state index contributed by atoms with van der Waals surface area (Å²) in [6, 6.07) is 0.824. The van der Waals surface area contributed by atoms with Gasteiger partial charge in [-0.3, -0.25) is 0 Å². The molecule has 3 unspecified atom stereocenters. The van der Waals surface area contributed by atoms with Gasteiger partial charge in [0.15, 0.2) is 0 Å². The van der Waals surface area contributed by atoms with Crippen molar-refractivity contribution < 1.29 is 0 Å². The van der Waals surface area contributed by atoms with E-state index >= 15 is 0 Å². The molecule has 2 rings (SSSR count). The van der Waals surface area contributed by atoms with E-state index in [1.807, 2.05) is 0 Å². The van der Waals surface area contributed by atoms with Crippen LogP contribution in [-0.2, 0) is 0 Å². The van der Waals surface area contributed by atoms with Crippen LogP contribution in [0.25, 0.3) is 0 Å². The Balaban J connectivity index is 1.93. The molecule has 2 aliphatic carbocycles. The largest absolute Gasteiger partial charge is 0.314 e. The van der Waals surface area contributed by atoms with Crippen molar-refractivity contribution in [1.29, 1.82) is 0 Å². The normalized spacial score (nSPS) is 38.8. The number of hydrogen-bond acceptors (Lipinski definition) is 1. The molecule has 0 spiro atoms. The van der Waals surface area contributed by atoms with Gasteiger partial charge in [-0.1, -0.05) is 52.9 Å². The first-order valence-corrected chi connectivity index (χ1v) is 8.49. The van der Waals surface area contributed by atoms with Crippen LogP contribution in [0.4, 0.5) is 0 Å². The average molecular weight is 251 g/mol. The van der Waals surface area contributed by atoms with Gasteiger partial charge < -0.3 is 5.32 Å². The molecule has 106 valence electrons. The maximum absolute atomic E-state index is 3.86. The molecule has 2 fully saturated rings. The third-order valence-electron chi connectivity index (χ3n) is 5.81. The van der Waals surface area contributed by atoms with E-state index in [0.717, 1.165) is 36.3 Å². The van der Waals surface area contributed by atoms with Gasteiger partial charge in [-0.2, -0.15) is 0 Å². The molecule has 0 radical (unpaired) electrons.